The van der Waals surface area contributed by atoms with Crippen LogP contribution in [0.2, 0.25) is 5.02 Å². The van der Waals surface area contributed by atoms with E-state index in [4.69, 9.17) is 16.3 Å². The summed E-state index contributed by atoms with van der Waals surface area (Å²) in [5.41, 5.74) is 1.86. The Bertz CT molecular complexity index is 615. The molecule has 1 aliphatic heterocycles. The van der Waals surface area contributed by atoms with Crippen LogP contribution >= 0.6 is 27.5 Å². The van der Waals surface area contributed by atoms with Gasteiger partial charge in [-0.3, -0.25) is 0 Å². The van der Waals surface area contributed by atoms with E-state index in [0.29, 0.717) is 11.4 Å². The molecule has 0 fully saturated rings. The average molecular weight is 340 g/mol. The number of para-hydroxylation sites is 1. The van der Waals surface area contributed by atoms with E-state index in [1.807, 2.05) is 42.5 Å². The molecule has 1 heterocycles. The molecule has 4 heteroatoms. The highest BCUT2D eigenvalue weighted by atomic mass is 79.9. The average Bonchev–Trinajstić information content (AvgIpc) is 2.42. The maximum absolute atomic E-state index is 10.2. The van der Waals surface area contributed by atoms with Gasteiger partial charge in [0.05, 0.1) is 11.1 Å². The Morgan fingerprint density at radius 1 is 1.21 bits per heavy atom. The highest BCUT2D eigenvalue weighted by molar-refractivity contribution is 9.10. The van der Waals surface area contributed by atoms with Crippen LogP contribution in [0.4, 0.5) is 0 Å². The zero-order chi connectivity index (χ0) is 13.4. The molecule has 0 bridgehead atoms. The maximum Gasteiger partial charge on any atom is 0.127 e. The first-order valence-corrected chi connectivity index (χ1v) is 7.21. The van der Waals surface area contributed by atoms with Gasteiger partial charge in [-0.1, -0.05) is 35.9 Å². The minimum absolute atomic E-state index is 0.154. The van der Waals surface area contributed by atoms with Gasteiger partial charge in [0.2, 0.25) is 0 Å². The van der Waals surface area contributed by atoms with Crippen molar-refractivity contribution in [3.05, 3.63) is 63.1 Å². The summed E-state index contributed by atoms with van der Waals surface area (Å²) in [6.45, 7) is 0. The zero-order valence-electron chi connectivity index (χ0n) is 10.0. The van der Waals surface area contributed by atoms with E-state index in [2.05, 4.69) is 15.9 Å². The molecule has 2 aromatic carbocycles. The van der Waals surface area contributed by atoms with Crippen LogP contribution < -0.4 is 4.74 Å². The highest BCUT2D eigenvalue weighted by Gasteiger charge is 2.27. The Balaban J connectivity index is 1.94. The number of hydrogen-bond acceptors (Lipinski definition) is 2. The normalized spacial score (nSPS) is 21.6. The lowest BCUT2D eigenvalue weighted by atomic mass is 9.95. The summed E-state index contributed by atoms with van der Waals surface area (Å²) in [7, 11) is 0. The monoisotopic (exact) mass is 338 g/mol. The Kier molecular flexibility index (Phi) is 3.52. The summed E-state index contributed by atoms with van der Waals surface area (Å²) in [6.07, 6.45) is -0.103. The fraction of sp³-hybridized carbons (Fsp3) is 0.200. The first-order chi connectivity index (χ1) is 9.15. The molecule has 3 rings (SSSR count). The molecule has 0 aliphatic carbocycles. The number of aliphatic hydroxyl groups excluding tert-OH is 1. The number of benzene rings is 2. The van der Waals surface area contributed by atoms with Gasteiger partial charge >= 0.3 is 0 Å². The molecule has 0 amide bonds. The van der Waals surface area contributed by atoms with Crippen molar-refractivity contribution < 1.29 is 9.84 Å². The lowest BCUT2D eigenvalue weighted by molar-refractivity contribution is 0.0657. The molecule has 0 saturated carbocycles. The predicted molar refractivity (Wildman–Crippen MR) is 78.5 cm³/mol. The second kappa shape index (κ2) is 5.16. The zero-order valence-corrected chi connectivity index (χ0v) is 12.4. The third kappa shape index (κ3) is 2.50. The number of rotatable bonds is 1. The molecule has 1 aliphatic rings. The molecule has 0 aromatic heterocycles. The third-order valence-electron chi connectivity index (χ3n) is 3.30. The molecular formula is C15H12BrClO2. The van der Waals surface area contributed by atoms with Gasteiger partial charge in [0.1, 0.15) is 11.9 Å². The summed E-state index contributed by atoms with van der Waals surface area (Å²) in [5, 5.41) is 10.9. The number of ether oxygens (including phenoxy) is 1. The van der Waals surface area contributed by atoms with Gasteiger partial charge in [0.15, 0.2) is 0 Å². The van der Waals surface area contributed by atoms with E-state index >= 15 is 0 Å². The van der Waals surface area contributed by atoms with Gasteiger partial charge < -0.3 is 9.84 Å². The molecule has 1 N–H and O–H groups in total. The molecule has 2 aromatic rings. The first-order valence-electron chi connectivity index (χ1n) is 6.04. The van der Waals surface area contributed by atoms with Gasteiger partial charge in [0.25, 0.3) is 0 Å². The van der Waals surface area contributed by atoms with E-state index < -0.39 is 6.10 Å². The molecule has 19 heavy (non-hydrogen) atoms. The van der Waals surface area contributed by atoms with Gasteiger partial charge in [-0.05, 0) is 39.7 Å². The lowest BCUT2D eigenvalue weighted by Crippen LogP contribution is -2.18. The second-order valence-electron chi connectivity index (χ2n) is 4.57. The molecule has 0 radical (unpaired) electrons. The number of hydrogen-bond donors (Lipinski definition) is 1. The van der Waals surface area contributed by atoms with Gasteiger partial charge in [-0.15, -0.1) is 0 Å². The Hall–Kier alpha value is -1.03. The summed E-state index contributed by atoms with van der Waals surface area (Å²) in [6, 6.07) is 13.3. The van der Waals surface area contributed by atoms with Crippen molar-refractivity contribution in [2.24, 2.45) is 0 Å². The molecule has 2 unspecified atom stereocenters. The molecular weight excluding hydrogens is 328 g/mol. The second-order valence-corrected chi connectivity index (χ2v) is 5.83. The number of halogens is 2. The van der Waals surface area contributed by atoms with Crippen molar-refractivity contribution >= 4 is 27.5 Å². The largest absolute Gasteiger partial charge is 0.485 e. The standard InChI is InChI=1S/C15H12BrClO2/c16-11-7-9(5-6-12(11)17)15-8-13(18)10-3-1-2-4-14(10)19-15/h1-7,13,15,18H,8H2. The first kappa shape index (κ1) is 13.0. The maximum atomic E-state index is 10.2. The van der Waals surface area contributed by atoms with Crippen molar-refractivity contribution in [3.8, 4) is 5.75 Å². The van der Waals surface area contributed by atoms with E-state index in [1.54, 1.807) is 0 Å². The van der Waals surface area contributed by atoms with Crippen LogP contribution in [0.3, 0.4) is 0 Å². The lowest BCUT2D eigenvalue weighted by Gasteiger charge is -2.30. The minimum Gasteiger partial charge on any atom is -0.485 e. The van der Waals surface area contributed by atoms with Crippen molar-refractivity contribution in [3.63, 3.8) is 0 Å². The van der Waals surface area contributed by atoms with Crippen LogP contribution in [-0.4, -0.2) is 5.11 Å². The number of aliphatic hydroxyl groups is 1. The highest BCUT2D eigenvalue weighted by Crippen LogP contribution is 2.41. The Morgan fingerprint density at radius 3 is 2.79 bits per heavy atom. The molecule has 2 atom stereocenters. The van der Waals surface area contributed by atoms with Crippen molar-refractivity contribution in [1.82, 2.24) is 0 Å². The Labute approximate surface area is 125 Å². The van der Waals surface area contributed by atoms with E-state index in [-0.39, 0.29) is 6.10 Å². The Morgan fingerprint density at radius 2 is 2.00 bits per heavy atom. The van der Waals surface area contributed by atoms with Gasteiger partial charge in [-0.25, -0.2) is 0 Å². The fourth-order valence-electron chi connectivity index (χ4n) is 2.31. The van der Waals surface area contributed by atoms with E-state index in [1.165, 1.54) is 0 Å². The smallest absolute Gasteiger partial charge is 0.127 e. The van der Waals surface area contributed by atoms with E-state index in [0.717, 1.165) is 21.3 Å². The number of fused-ring (bicyclic) bond motifs is 1. The van der Waals surface area contributed by atoms with Crippen LogP contribution in [-0.2, 0) is 0 Å². The summed E-state index contributed by atoms with van der Waals surface area (Å²) >= 11 is 9.40. The minimum atomic E-state index is -0.496. The van der Waals surface area contributed by atoms with Crippen LogP contribution in [0.1, 0.15) is 29.8 Å². The topological polar surface area (TPSA) is 29.5 Å². The SMILES string of the molecule is OC1CC(c2ccc(Cl)c(Br)c2)Oc2ccccc21. The van der Waals surface area contributed by atoms with Crippen LogP contribution in [0.15, 0.2) is 46.9 Å². The van der Waals surface area contributed by atoms with Crippen molar-refractivity contribution in [2.45, 2.75) is 18.6 Å². The molecule has 0 spiro atoms. The predicted octanol–water partition coefficient (Wildman–Crippen LogP) is 4.66. The quantitative estimate of drug-likeness (QED) is 0.819. The van der Waals surface area contributed by atoms with Crippen molar-refractivity contribution in [2.75, 3.05) is 0 Å². The van der Waals surface area contributed by atoms with Crippen LogP contribution in [0.25, 0.3) is 0 Å². The van der Waals surface area contributed by atoms with Crippen LogP contribution in [0, 0.1) is 0 Å². The summed E-state index contributed by atoms with van der Waals surface area (Å²) in [4.78, 5) is 0. The molecule has 98 valence electrons. The van der Waals surface area contributed by atoms with Gasteiger partial charge in [-0.2, -0.15) is 0 Å². The van der Waals surface area contributed by atoms with E-state index in [9.17, 15) is 5.11 Å². The molecule has 0 saturated heterocycles. The summed E-state index contributed by atoms with van der Waals surface area (Å²) < 4.78 is 6.80. The summed E-state index contributed by atoms with van der Waals surface area (Å²) in [5.74, 6) is 0.748. The van der Waals surface area contributed by atoms with Gasteiger partial charge in [0, 0.05) is 16.5 Å². The van der Waals surface area contributed by atoms with Crippen molar-refractivity contribution in [1.29, 1.82) is 0 Å². The fourth-order valence-corrected chi connectivity index (χ4v) is 2.83. The van der Waals surface area contributed by atoms with Crippen LogP contribution in [0.5, 0.6) is 5.75 Å². The molecule has 2 nitrogen and oxygen atoms in total. The third-order valence-corrected chi connectivity index (χ3v) is 4.51.